The normalized spacial score (nSPS) is 17.9. The number of aliphatic hydroxyl groups excluding tert-OH is 1. The molecule has 1 saturated heterocycles. The number of fused-ring (bicyclic) bond motifs is 1. The van der Waals surface area contributed by atoms with Crippen LogP contribution in [0.25, 0.3) is 4.96 Å². The fraction of sp³-hybridized carbons (Fsp3) is 0.529. The molecule has 8 nitrogen and oxygen atoms in total. The molecule has 1 aliphatic rings. The summed E-state index contributed by atoms with van der Waals surface area (Å²) in [6.07, 6.45) is 2.39. The van der Waals surface area contributed by atoms with Crippen molar-refractivity contribution in [1.82, 2.24) is 24.4 Å². The number of hydrogen-bond donors (Lipinski definition) is 2. The zero-order valence-corrected chi connectivity index (χ0v) is 15.5. The fourth-order valence-corrected chi connectivity index (χ4v) is 4.54. The van der Waals surface area contributed by atoms with E-state index >= 15 is 0 Å². The Labute approximate surface area is 155 Å². The van der Waals surface area contributed by atoms with Crippen LogP contribution in [0, 0.1) is 0 Å². The standard InChI is InChI=1S/C17H23N5O3S/c1-2-13-18-17-22(19-13)16(24)15(26-17)14(12-4-3-11-25-12)21-7-5-20(6-8-21)9-10-23/h3-4,11,14,23-24H,2,5-10H2,1H3/t14-/m0/s1. The Kier molecular flexibility index (Phi) is 4.94. The van der Waals surface area contributed by atoms with Gasteiger partial charge in [0.1, 0.15) is 11.8 Å². The molecule has 26 heavy (non-hydrogen) atoms. The highest BCUT2D eigenvalue weighted by molar-refractivity contribution is 7.17. The maximum absolute atomic E-state index is 10.8. The van der Waals surface area contributed by atoms with E-state index in [9.17, 15) is 5.11 Å². The number of aliphatic hydroxyl groups is 1. The van der Waals surface area contributed by atoms with E-state index in [1.54, 1.807) is 6.26 Å². The quantitative estimate of drug-likeness (QED) is 0.670. The molecule has 2 N–H and O–H groups in total. The number of rotatable bonds is 6. The van der Waals surface area contributed by atoms with Crippen molar-refractivity contribution in [2.24, 2.45) is 0 Å². The van der Waals surface area contributed by atoms with Gasteiger partial charge in [0.15, 0.2) is 5.82 Å². The molecule has 4 rings (SSSR count). The Hall–Kier alpha value is -1.94. The van der Waals surface area contributed by atoms with Gasteiger partial charge in [0.05, 0.1) is 17.7 Å². The summed E-state index contributed by atoms with van der Waals surface area (Å²) in [5.41, 5.74) is 0. The molecule has 0 spiro atoms. The molecule has 0 radical (unpaired) electrons. The van der Waals surface area contributed by atoms with Gasteiger partial charge in [-0.25, -0.2) is 4.98 Å². The number of aromatic nitrogens is 3. The minimum Gasteiger partial charge on any atom is -0.492 e. The molecule has 140 valence electrons. The highest BCUT2D eigenvalue weighted by Gasteiger charge is 2.33. The molecule has 9 heteroatoms. The van der Waals surface area contributed by atoms with Crippen molar-refractivity contribution in [3.05, 3.63) is 34.9 Å². The zero-order chi connectivity index (χ0) is 18.1. The van der Waals surface area contributed by atoms with E-state index in [1.165, 1.54) is 15.9 Å². The Balaban J connectivity index is 1.67. The monoisotopic (exact) mass is 377 g/mol. The van der Waals surface area contributed by atoms with E-state index in [0.717, 1.165) is 49.1 Å². The number of furan rings is 1. The van der Waals surface area contributed by atoms with Crippen LogP contribution in [-0.2, 0) is 6.42 Å². The van der Waals surface area contributed by atoms with Gasteiger partial charge in [-0.3, -0.25) is 9.80 Å². The molecule has 0 aromatic carbocycles. The zero-order valence-electron chi connectivity index (χ0n) is 14.7. The highest BCUT2D eigenvalue weighted by atomic mass is 32.1. The molecule has 3 aromatic heterocycles. The largest absolute Gasteiger partial charge is 0.492 e. The molecule has 0 saturated carbocycles. The maximum atomic E-state index is 10.8. The van der Waals surface area contributed by atoms with Crippen molar-refractivity contribution in [3.8, 4) is 5.88 Å². The van der Waals surface area contributed by atoms with E-state index < -0.39 is 0 Å². The molecule has 1 atom stereocenters. The van der Waals surface area contributed by atoms with Crippen LogP contribution in [0.15, 0.2) is 22.8 Å². The number of nitrogens with zero attached hydrogens (tertiary/aromatic N) is 5. The van der Waals surface area contributed by atoms with Gasteiger partial charge < -0.3 is 14.6 Å². The maximum Gasteiger partial charge on any atom is 0.230 e. The number of aryl methyl sites for hydroxylation is 1. The fourth-order valence-electron chi connectivity index (χ4n) is 3.43. The first kappa shape index (κ1) is 17.5. The van der Waals surface area contributed by atoms with E-state index in [4.69, 9.17) is 9.52 Å². The van der Waals surface area contributed by atoms with Crippen LogP contribution in [-0.4, -0.2) is 73.9 Å². The van der Waals surface area contributed by atoms with Crippen LogP contribution in [0.3, 0.4) is 0 Å². The van der Waals surface area contributed by atoms with Crippen molar-refractivity contribution in [3.63, 3.8) is 0 Å². The third kappa shape index (κ3) is 3.11. The summed E-state index contributed by atoms with van der Waals surface area (Å²) in [4.78, 5) is 10.5. The van der Waals surface area contributed by atoms with Crippen LogP contribution >= 0.6 is 11.3 Å². The first-order valence-corrected chi connectivity index (χ1v) is 9.71. The smallest absolute Gasteiger partial charge is 0.230 e. The number of aromatic hydroxyl groups is 1. The minimum absolute atomic E-state index is 0.136. The van der Waals surface area contributed by atoms with E-state index in [0.29, 0.717) is 11.5 Å². The third-order valence-corrected chi connectivity index (χ3v) is 5.88. The molecule has 4 heterocycles. The number of β-amino-alcohol motifs (C(OH)–C–C–N with tert-alkyl or cyclic N) is 1. The average molecular weight is 377 g/mol. The summed E-state index contributed by atoms with van der Waals surface area (Å²) in [5.74, 6) is 1.66. The van der Waals surface area contributed by atoms with Crippen molar-refractivity contribution in [2.45, 2.75) is 19.4 Å². The molecule has 3 aromatic rings. The summed E-state index contributed by atoms with van der Waals surface area (Å²) >= 11 is 1.46. The van der Waals surface area contributed by atoms with Crippen LogP contribution in [0.2, 0.25) is 0 Å². The van der Waals surface area contributed by atoms with Crippen molar-refractivity contribution in [1.29, 1.82) is 0 Å². The van der Waals surface area contributed by atoms with Gasteiger partial charge in [0.25, 0.3) is 0 Å². The Bertz CT molecular complexity index is 851. The van der Waals surface area contributed by atoms with Gasteiger partial charge in [-0.1, -0.05) is 18.3 Å². The number of hydrogen-bond acceptors (Lipinski definition) is 8. The third-order valence-electron chi connectivity index (χ3n) is 4.81. The summed E-state index contributed by atoms with van der Waals surface area (Å²) < 4.78 is 7.22. The van der Waals surface area contributed by atoms with Gasteiger partial charge in [-0.2, -0.15) is 4.52 Å². The van der Waals surface area contributed by atoms with Crippen molar-refractivity contribution < 1.29 is 14.6 Å². The second kappa shape index (κ2) is 7.36. The van der Waals surface area contributed by atoms with Gasteiger partial charge >= 0.3 is 0 Å². The highest BCUT2D eigenvalue weighted by Crippen LogP contribution is 2.40. The van der Waals surface area contributed by atoms with Crippen molar-refractivity contribution >= 4 is 16.3 Å². The summed E-state index contributed by atoms with van der Waals surface area (Å²) in [5, 5.41) is 24.3. The van der Waals surface area contributed by atoms with E-state index in [2.05, 4.69) is 19.9 Å². The SMILES string of the molecule is CCc1nc2sc([C@H](c3ccco3)N3CCN(CCO)CC3)c(O)n2n1. The molecular weight excluding hydrogens is 354 g/mol. The Morgan fingerprint density at radius 3 is 2.73 bits per heavy atom. The minimum atomic E-state index is -0.167. The molecule has 0 unspecified atom stereocenters. The second-order valence-electron chi connectivity index (χ2n) is 6.39. The number of piperazine rings is 1. The lowest BCUT2D eigenvalue weighted by Crippen LogP contribution is -2.48. The van der Waals surface area contributed by atoms with E-state index in [1.807, 2.05) is 19.1 Å². The topological polar surface area (TPSA) is 90.3 Å². The first-order valence-electron chi connectivity index (χ1n) is 8.89. The molecule has 1 aliphatic heterocycles. The predicted octanol–water partition coefficient (Wildman–Crippen LogP) is 1.35. The Morgan fingerprint density at radius 1 is 1.31 bits per heavy atom. The lowest BCUT2D eigenvalue weighted by Gasteiger charge is -2.37. The second-order valence-corrected chi connectivity index (χ2v) is 7.39. The molecule has 0 amide bonds. The first-order chi connectivity index (χ1) is 12.7. The van der Waals surface area contributed by atoms with Crippen molar-refractivity contribution in [2.75, 3.05) is 39.3 Å². The van der Waals surface area contributed by atoms with Crippen LogP contribution in [0.5, 0.6) is 5.88 Å². The van der Waals surface area contributed by atoms with Crippen LogP contribution < -0.4 is 0 Å². The summed E-state index contributed by atoms with van der Waals surface area (Å²) in [6, 6.07) is 3.64. The average Bonchev–Trinajstić information content (AvgIpc) is 3.37. The summed E-state index contributed by atoms with van der Waals surface area (Å²) in [7, 11) is 0. The van der Waals surface area contributed by atoms with Crippen LogP contribution in [0.4, 0.5) is 0 Å². The summed E-state index contributed by atoms with van der Waals surface area (Å²) in [6.45, 7) is 6.28. The lowest BCUT2D eigenvalue weighted by molar-refractivity contribution is 0.0883. The Morgan fingerprint density at radius 2 is 2.12 bits per heavy atom. The predicted molar refractivity (Wildman–Crippen MR) is 97.6 cm³/mol. The number of thiazole rings is 1. The van der Waals surface area contributed by atoms with Crippen LogP contribution in [0.1, 0.15) is 29.4 Å². The van der Waals surface area contributed by atoms with E-state index in [-0.39, 0.29) is 18.5 Å². The molecule has 0 bridgehead atoms. The molecule has 0 aliphatic carbocycles. The van der Waals surface area contributed by atoms with Gasteiger partial charge in [-0.05, 0) is 12.1 Å². The molecule has 1 fully saturated rings. The van der Waals surface area contributed by atoms with Gasteiger partial charge in [0.2, 0.25) is 10.8 Å². The van der Waals surface area contributed by atoms with Gasteiger partial charge in [0, 0.05) is 39.1 Å². The molecular formula is C17H23N5O3S. The van der Waals surface area contributed by atoms with Gasteiger partial charge in [-0.15, -0.1) is 5.10 Å². The lowest BCUT2D eigenvalue weighted by atomic mass is 10.1.